The number of likely N-dealkylation sites (tertiary alicyclic amines) is 1. The molecular weight excluding hydrogens is 471 g/mol. The fraction of sp³-hybridized carbons (Fsp3) is 0.280. The predicted molar refractivity (Wildman–Crippen MR) is 129 cm³/mol. The number of hydrogen-bond donors (Lipinski definition) is 1. The van der Waals surface area contributed by atoms with Crippen LogP contribution in [0.25, 0.3) is 11.1 Å². The van der Waals surface area contributed by atoms with E-state index >= 15 is 4.39 Å². The van der Waals surface area contributed by atoms with E-state index in [1.54, 1.807) is 42.7 Å². The Balaban J connectivity index is 1.33. The number of sulfonamides is 1. The van der Waals surface area contributed by atoms with Crippen LogP contribution >= 0.6 is 0 Å². The van der Waals surface area contributed by atoms with Gasteiger partial charge in [-0.05, 0) is 24.3 Å². The van der Waals surface area contributed by atoms with Crippen LogP contribution in [0.3, 0.4) is 0 Å². The normalized spacial score (nSPS) is 22.9. The molecule has 2 amide bonds. The maximum absolute atomic E-state index is 15.7. The van der Waals surface area contributed by atoms with Crippen LogP contribution in [0, 0.1) is 0 Å². The van der Waals surface area contributed by atoms with E-state index in [0.717, 1.165) is 15.4 Å². The van der Waals surface area contributed by atoms with Crippen molar-refractivity contribution >= 4 is 21.7 Å². The lowest BCUT2D eigenvalue weighted by atomic mass is 9.99. The number of anilines is 1. The quantitative estimate of drug-likeness (QED) is 0.594. The maximum atomic E-state index is 15.7. The maximum Gasteiger partial charge on any atom is 0.321 e. The number of carbonyl (C=O) groups is 1. The Bertz CT molecular complexity index is 1310. The molecule has 3 heterocycles. The van der Waals surface area contributed by atoms with Crippen molar-refractivity contribution in [2.24, 2.45) is 0 Å². The number of halogens is 1. The summed E-state index contributed by atoms with van der Waals surface area (Å²) in [6, 6.07) is 18.5. The number of nitrogens with zero attached hydrogens (tertiary/aromatic N) is 3. The van der Waals surface area contributed by atoms with Crippen LogP contribution in [-0.4, -0.2) is 66.8 Å². The number of carbonyl (C=O) groups excluding carboxylic acids is 1. The van der Waals surface area contributed by atoms with Gasteiger partial charge in [0.2, 0.25) is 10.0 Å². The Hall–Kier alpha value is -3.34. The van der Waals surface area contributed by atoms with E-state index in [-0.39, 0.29) is 37.6 Å². The number of piperidine rings is 1. The Kier molecular flexibility index (Phi) is 6.26. The van der Waals surface area contributed by atoms with Crippen LogP contribution in [0.15, 0.2) is 84.0 Å². The first-order valence-electron chi connectivity index (χ1n) is 11.3. The molecular formula is C25H25FN4O4S. The van der Waals surface area contributed by atoms with Crippen molar-refractivity contribution in [1.29, 1.82) is 0 Å². The van der Waals surface area contributed by atoms with Gasteiger partial charge in [0.1, 0.15) is 0 Å². The molecule has 0 aliphatic carbocycles. The minimum atomic E-state index is -3.96. The van der Waals surface area contributed by atoms with Gasteiger partial charge in [0.25, 0.3) is 0 Å². The summed E-state index contributed by atoms with van der Waals surface area (Å²) >= 11 is 0. The summed E-state index contributed by atoms with van der Waals surface area (Å²) in [4.78, 5) is 18.6. The molecule has 2 aliphatic rings. The van der Waals surface area contributed by atoms with Crippen molar-refractivity contribution in [3.8, 4) is 11.1 Å². The zero-order chi connectivity index (χ0) is 24.5. The largest absolute Gasteiger partial charge is 0.355 e. The molecule has 1 aromatic heterocycles. The molecule has 2 saturated heterocycles. The molecule has 10 heteroatoms. The van der Waals surface area contributed by atoms with E-state index in [9.17, 15) is 13.2 Å². The van der Waals surface area contributed by atoms with Crippen molar-refractivity contribution in [1.82, 2.24) is 14.2 Å². The summed E-state index contributed by atoms with van der Waals surface area (Å²) in [6.45, 7) is 0.00330. The zero-order valence-electron chi connectivity index (χ0n) is 18.9. The van der Waals surface area contributed by atoms with Crippen LogP contribution in [0.1, 0.15) is 6.42 Å². The molecule has 0 saturated carbocycles. The Morgan fingerprint density at radius 1 is 1.06 bits per heavy atom. The first-order chi connectivity index (χ1) is 16.9. The number of para-hydroxylation sites is 1. The minimum Gasteiger partial charge on any atom is -0.355 e. The number of aromatic nitrogens is 1. The second kappa shape index (κ2) is 9.37. The SMILES string of the molecule is O=C(Nc1ccccc1-c1cccnc1)N1CCC2(OCCN2S(=O)(=O)c2ccccc2)C(F)C1. The molecule has 5 rings (SSSR count). The second-order valence-corrected chi connectivity index (χ2v) is 10.3. The van der Waals surface area contributed by atoms with Gasteiger partial charge in [0.05, 0.1) is 23.7 Å². The Labute approximate surface area is 203 Å². The first-order valence-corrected chi connectivity index (χ1v) is 12.8. The Morgan fingerprint density at radius 3 is 2.57 bits per heavy atom. The fourth-order valence-electron chi connectivity index (χ4n) is 4.68. The van der Waals surface area contributed by atoms with Crippen LogP contribution in [-0.2, 0) is 14.8 Å². The third kappa shape index (κ3) is 4.29. The van der Waals surface area contributed by atoms with E-state index < -0.39 is 28.0 Å². The molecule has 0 radical (unpaired) electrons. The number of amides is 2. The van der Waals surface area contributed by atoms with Crippen LogP contribution in [0.2, 0.25) is 0 Å². The molecule has 2 atom stereocenters. The summed E-state index contributed by atoms with van der Waals surface area (Å²) < 4.78 is 49.1. The van der Waals surface area contributed by atoms with E-state index in [0.29, 0.717) is 5.69 Å². The molecule has 8 nitrogen and oxygen atoms in total. The minimum absolute atomic E-state index is 0.0257. The standard InChI is InChI=1S/C25H25FN4O4S/c26-23-18-29(24(31)28-22-11-5-4-10-21(22)19-7-6-13-27-17-19)14-12-25(23)30(15-16-34-25)35(32,33)20-8-2-1-3-9-20/h1-11,13,17,23H,12,14-16,18H2,(H,28,31). The van der Waals surface area contributed by atoms with Crippen molar-refractivity contribution in [3.63, 3.8) is 0 Å². The van der Waals surface area contributed by atoms with E-state index in [4.69, 9.17) is 4.74 Å². The summed E-state index contributed by atoms with van der Waals surface area (Å²) in [6.07, 6.45) is 1.68. The molecule has 2 unspecified atom stereocenters. The van der Waals surface area contributed by atoms with Gasteiger partial charge in [-0.15, -0.1) is 0 Å². The van der Waals surface area contributed by atoms with Crippen LogP contribution in [0.4, 0.5) is 14.9 Å². The number of ether oxygens (including phenoxy) is 1. The number of pyridine rings is 1. The van der Waals surface area contributed by atoms with Gasteiger partial charge in [-0.3, -0.25) is 4.98 Å². The van der Waals surface area contributed by atoms with Gasteiger partial charge >= 0.3 is 6.03 Å². The number of nitrogens with one attached hydrogen (secondary N) is 1. The topological polar surface area (TPSA) is 91.8 Å². The summed E-state index contributed by atoms with van der Waals surface area (Å²) in [5, 5.41) is 2.87. The van der Waals surface area contributed by atoms with Gasteiger partial charge in [-0.1, -0.05) is 42.5 Å². The second-order valence-electron chi connectivity index (χ2n) is 8.46. The Morgan fingerprint density at radius 2 is 1.83 bits per heavy atom. The lowest BCUT2D eigenvalue weighted by Gasteiger charge is -2.44. The van der Waals surface area contributed by atoms with Gasteiger partial charge in [-0.2, -0.15) is 4.31 Å². The smallest absolute Gasteiger partial charge is 0.321 e. The molecule has 1 spiro atoms. The monoisotopic (exact) mass is 496 g/mol. The molecule has 2 aliphatic heterocycles. The number of hydrogen-bond acceptors (Lipinski definition) is 5. The van der Waals surface area contributed by atoms with Crippen LogP contribution in [0.5, 0.6) is 0 Å². The number of benzene rings is 2. The summed E-state index contributed by atoms with van der Waals surface area (Å²) in [5.74, 6) is 0. The molecule has 1 N–H and O–H groups in total. The number of alkyl halides is 1. The zero-order valence-corrected chi connectivity index (χ0v) is 19.7. The fourth-order valence-corrected chi connectivity index (χ4v) is 6.41. The van der Waals surface area contributed by atoms with Gasteiger partial charge in [0, 0.05) is 43.0 Å². The first kappa shape index (κ1) is 23.4. The van der Waals surface area contributed by atoms with Crippen molar-refractivity contribution in [2.75, 3.05) is 31.6 Å². The van der Waals surface area contributed by atoms with Gasteiger partial charge < -0.3 is 15.0 Å². The molecule has 35 heavy (non-hydrogen) atoms. The third-order valence-electron chi connectivity index (χ3n) is 6.44. The van der Waals surface area contributed by atoms with E-state index in [2.05, 4.69) is 10.3 Å². The van der Waals surface area contributed by atoms with E-state index in [1.807, 2.05) is 24.3 Å². The van der Waals surface area contributed by atoms with Crippen molar-refractivity contribution in [3.05, 3.63) is 79.1 Å². The predicted octanol–water partition coefficient (Wildman–Crippen LogP) is 3.74. The average Bonchev–Trinajstić information content (AvgIpc) is 3.33. The van der Waals surface area contributed by atoms with Crippen LogP contribution < -0.4 is 5.32 Å². The molecule has 2 aromatic carbocycles. The summed E-state index contributed by atoms with van der Waals surface area (Å²) in [5.41, 5.74) is 0.578. The molecule has 182 valence electrons. The lowest BCUT2D eigenvalue weighted by Crippen LogP contribution is -2.63. The van der Waals surface area contributed by atoms with Gasteiger partial charge in [-0.25, -0.2) is 17.6 Å². The lowest BCUT2D eigenvalue weighted by molar-refractivity contribution is -0.134. The average molecular weight is 497 g/mol. The van der Waals surface area contributed by atoms with Gasteiger partial charge in [0.15, 0.2) is 11.9 Å². The number of urea groups is 1. The highest BCUT2D eigenvalue weighted by Crippen LogP contribution is 2.40. The third-order valence-corrected chi connectivity index (χ3v) is 8.38. The summed E-state index contributed by atoms with van der Waals surface area (Å²) in [7, 11) is -3.96. The van der Waals surface area contributed by atoms with Crippen molar-refractivity contribution < 1.29 is 22.3 Å². The molecule has 0 bridgehead atoms. The number of rotatable bonds is 4. The molecule has 3 aromatic rings. The van der Waals surface area contributed by atoms with E-state index in [1.165, 1.54) is 17.0 Å². The molecule has 2 fully saturated rings. The highest BCUT2D eigenvalue weighted by atomic mass is 32.2. The van der Waals surface area contributed by atoms with Crippen molar-refractivity contribution in [2.45, 2.75) is 23.2 Å². The highest BCUT2D eigenvalue weighted by Gasteiger charge is 2.57. The highest BCUT2D eigenvalue weighted by molar-refractivity contribution is 7.89.